The molecule has 0 aliphatic rings. The number of hydrazone groups is 1. The number of nitrogens with zero attached hydrogens (tertiary/aromatic N) is 5. The highest BCUT2D eigenvalue weighted by Crippen LogP contribution is 2.27. The number of carbonyl (C=O) groups is 1. The molecule has 3 aromatic heterocycles. The first-order valence-corrected chi connectivity index (χ1v) is 7.79. The predicted octanol–water partition coefficient (Wildman–Crippen LogP) is 2.52. The van der Waals surface area contributed by atoms with Gasteiger partial charge in [-0.3, -0.25) is 15.1 Å². The van der Waals surface area contributed by atoms with Crippen LogP contribution in [0.25, 0.3) is 17.1 Å². The van der Waals surface area contributed by atoms with Gasteiger partial charge in [0.25, 0.3) is 0 Å². The number of furan rings is 1. The number of nitro groups is 1. The Hall–Kier alpha value is -4.02. The number of carbonyl (C=O) groups excluding carboxylic acids is 1. The highest BCUT2D eigenvalue weighted by Gasteiger charge is 2.19. The van der Waals surface area contributed by atoms with Crippen LogP contribution in [0.4, 0.5) is 10.7 Å². The topological polar surface area (TPSA) is 138 Å². The van der Waals surface area contributed by atoms with E-state index in [2.05, 4.69) is 20.6 Å². The summed E-state index contributed by atoms with van der Waals surface area (Å²) in [5.41, 5.74) is 3.63. The van der Waals surface area contributed by atoms with E-state index in [1.165, 1.54) is 23.0 Å². The third-order valence-electron chi connectivity index (χ3n) is 3.29. The molecule has 0 aliphatic carbocycles. The van der Waals surface area contributed by atoms with E-state index in [9.17, 15) is 14.9 Å². The van der Waals surface area contributed by atoms with Crippen LogP contribution in [0.5, 0.6) is 0 Å². The van der Waals surface area contributed by atoms with Crippen molar-refractivity contribution in [3.8, 4) is 17.1 Å². The summed E-state index contributed by atoms with van der Waals surface area (Å²) in [4.78, 5) is 25.6. The number of aromatic nitrogens is 3. The fraction of sp³-hybridized carbons (Fsp3) is 0.125. The average Bonchev–Trinajstić information content (AvgIpc) is 3.30. The summed E-state index contributed by atoms with van der Waals surface area (Å²) >= 11 is 0. The lowest BCUT2D eigenvalue weighted by Gasteiger charge is -1.98. The number of ether oxygens (including phenoxy) is 1. The molecule has 11 heteroatoms. The Morgan fingerprint density at radius 3 is 3.00 bits per heavy atom. The van der Waals surface area contributed by atoms with Gasteiger partial charge < -0.3 is 9.15 Å². The number of hydrogen-bond acceptors (Lipinski definition) is 8. The Labute approximate surface area is 152 Å². The molecule has 27 heavy (non-hydrogen) atoms. The second-order valence-electron chi connectivity index (χ2n) is 5.07. The van der Waals surface area contributed by atoms with E-state index in [1.807, 2.05) is 0 Å². The molecule has 1 N–H and O–H groups in total. The minimum absolute atomic E-state index is 0.182. The number of nitrogens with one attached hydrogen (secondary N) is 1. The van der Waals surface area contributed by atoms with Crippen LogP contribution in [0.15, 0.2) is 52.4 Å². The summed E-state index contributed by atoms with van der Waals surface area (Å²) in [7, 11) is 0. The Bertz CT molecular complexity index is 978. The Morgan fingerprint density at radius 1 is 1.48 bits per heavy atom. The SMILES string of the molecule is CCOC(=O)N/N=C/c1cn(-c2cccnc2)nc1-c1ccc([N+](=O)[O-])o1. The van der Waals surface area contributed by atoms with E-state index in [1.54, 1.807) is 37.6 Å². The van der Waals surface area contributed by atoms with Gasteiger partial charge in [-0.25, -0.2) is 14.9 Å². The molecule has 11 nitrogen and oxygen atoms in total. The summed E-state index contributed by atoms with van der Waals surface area (Å²) in [6.45, 7) is 1.88. The third kappa shape index (κ3) is 4.15. The van der Waals surface area contributed by atoms with Gasteiger partial charge in [-0.1, -0.05) is 0 Å². The largest absolute Gasteiger partial charge is 0.449 e. The monoisotopic (exact) mass is 370 g/mol. The molecular weight excluding hydrogens is 356 g/mol. The smallest absolute Gasteiger partial charge is 0.433 e. The molecule has 0 aromatic carbocycles. The normalized spacial score (nSPS) is 10.9. The van der Waals surface area contributed by atoms with Crippen LogP contribution in [0.3, 0.4) is 0 Å². The van der Waals surface area contributed by atoms with Crippen molar-refractivity contribution in [1.82, 2.24) is 20.2 Å². The second-order valence-corrected chi connectivity index (χ2v) is 5.07. The molecule has 0 bridgehead atoms. The zero-order valence-electron chi connectivity index (χ0n) is 14.1. The van der Waals surface area contributed by atoms with Crippen molar-refractivity contribution in [3.05, 3.63) is 58.5 Å². The van der Waals surface area contributed by atoms with Gasteiger partial charge in [-0.05, 0) is 25.1 Å². The fourth-order valence-corrected chi connectivity index (χ4v) is 2.17. The Balaban J connectivity index is 1.96. The first-order chi connectivity index (χ1) is 13.1. The first-order valence-electron chi connectivity index (χ1n) is 7.79. The van der Waals surface area contributed by atoms with Gasteiger partial charge in [0, 0.05) is 18.0 Å². The lowest BCUT2D eigenvalue weighted by atomic mass is 10.2. The molecule has 3 aromatic rings. The van der Waals surface area contributed by atoms with Crippen LogP contribution in [-0.2, 0) is 4.74 Å². The molecule has 1 amide bonds. The van der Waals surface area contributed by atoms with Crippen molar-refractivity contribution in [2.75, 3.05) is 6.61 Å². The quantitative estimate of drug-likeness (QED) is 0.400. The van der Waals surface area contributed by atoms with Crippen molar-refractivity contribution in [3.63, 3.8) is 0 Å². The second kappa shape index (κ2) is 7.91. The molecule has 0 atom stereocenters. The van der Waals surface area contributed by atoms with E-state index in [0.29, 0.717) is 16.9 Å². The van der Waals surface area contributed by atoms with E-state index in [0.717, 1.165) is 0 Å². The lowest BCUT2D eigenvalue weighted by Crippen LogP contribution is -2.18. The van der Waals surface area contributed by atoms with Crippen LogP contribution in [-0.4, -0.2) is 38.6 Å². The summed E-state index contributed by atoms with van der Waals surface area (Å²) in [5, 5.41) is 19.0. The van der Waals surface area contributed by atoms with Gasteiger partial charge in [0.2, 0.25) is 0 Å². The lowest BCUT2D eigenvalue weighted by molar-refractivity contribution is -0.401. The molecule has 0 fully saturated rings. The van der Waals surface area contributed by atoms with E-state index < -0.39 is 16.9 Å². The summed E-state index contributed by atoms with van der Waals surface area (Å²) < 4.78 is 11.5. The zero-order chi connectivity index (χ0) is 19.2. The maximum atomic E-state index is 11.3. The summed E-state index contributed by atoms with van der Waals surface area (Å²) in [6, 6.07) is 6.19. The maximum absolute atomic E-state index is 11.3. The molecule has 0 spiro atoms. The van der Waals surface area contributed by atoms with Gasteiger partial charge in [0.1, 0.15) is 10.6 Å². The van der Waals surface area contributed by atoms with Crippen molar-refractivity contribution in [2.45, 2.75) is 6.92 Å². The molecular formula is C16H14N6O5. The highest BCUT2D eigenvalue weighted by atomic mass is 16.6. The van der Waals surface area contributed by atoms with Crippen LogP contribution in [0, 0.1) is 10.1 Å². The number of rotatable bonds is 6. The summed E-state index contributed by atoms with van der Waals surface area (Å²) in [6.07, 6.45) is 5.47. The van der Waals surface area contributed by atoms with Gasteiger partial charge in [0.15, 0.2) is 5.76 Å². The van der Waals surface area contributed by atoms with Gasteiger partial charge in [-0.15, -0.1) is 0 Å². The number of hydrogen-bond donors (Lipinski definition) is 1. The van der Waals surface area contributed by atoms with Gasteiger partial charge >= 0.3 is 12.0 Å². The fourth-order valence-electron chi connectivity index (χ4n) is 2.17. The van der Waals surface area contributed by atoms with Gasteiger partial charge in [-0.2, -0.15) is 10.2 Å². The van der Waals surface area contributed by atoms with E-state index in [4.69, 9.17) is 9.15 Å². The zero-order valence-corrected chi connectivity index (χ0v) is 14.1. The van der Waals surface area contributed by atoms with Crippen LogP contribution < -0.4 is 5.43 Å². The molecule has 0 saturated heterocycles. The van der Waals surface area contributed by atoms with Gasteiger partial charge in [0.05, 0.1) is 30.8 Å². The molecule has 0 aliphatic heterocycles. The predicted molar refractivity (Wildman–Crippen MR) is 93.5 cm³/mol. The number of pyridine rings is 1. The molecule has 3 rings (SSSR count). The molecule has 138 valence electrons. The van der Waals surface area contributed by atoms with Crippen LogP contribution in [0.1, 0.15) is 12.5 Å². The maximum Gasteiger partial charge on any atom is 0.433 e. The minimum atomic E-state index is -0.705. The first kappa shape index (κ1) is 17.8. The summed E-state index contributed by atoms with van der Waals surface area (Å²) in [5.74, 6) is -0.226. The van der Waals surface area contributed by atoms with E-state index in [-0.39, 0.29) is 12.4 Å². The molecule has 0 radical (unpaired) electrons. The minimum Gasteiger partial charge on any atom is -0.449 e. The number of amides is 1. The Kier molecular flexibility index (Phi) is 5.21. The van der Waals surface area contributed by atoms with Crippen molar-refractivity contribution >= 4 is 18.2 Å². The standard InChI is InChI=1S/C16H14N6O5/c1-2-26-16(23)19-18-8-11-10-21(12-4-3-7-17-9-12)20-15(11)13-5-6-14(27-13)22(24)25/h3-10H,2H2,1H3,(H,19,23)/b18-8+. The third-order valence-corrected chi connectivity index (χ3v) is 3.29. The van der Waals surface area contributed by atoms with Crippen molar-refractivity contribution < 1.29 is 18.9 Å². The van der Waals surface area contributed by atoms with Crippen molar-refractivity contribution in [2.24, 2.45) is 5.10 Å². The van der Waals surface area contributed by atoms with Crippen molar-refractivity contribution in [1.29, 1.82) is 0 Å². The van der Waals surface area contributed by atoms with E-state index >= 15 is 0 Å². The molecule has 0 unspecified atom stereocenters. The Morgan fingerprint density at radius 2 is 2.33 bits per heavy atom. The molecule has 0 saturated carbocycles. The van der Waals surface area contributed by atoms with Crippen LogP contribution >= 0.6 is 0 Å². The average molecular weight is 370 g/mol. The van der Waals surface area contributed by atoms with Crippen LogP contribution in [0.2, 0.25) is 0 Å². The highest BCUT2D eigenvalue weighted by molar-refractivity contribution is 5.88. The molecule has 3 heterocycles.